The van der Waals surface area contributed by atoms with E-state index >= 15 is 0 Å². The molecule has 0 radical (unpaired) electrons. The minimum atomic E-state index is 0.466. The van der Waals surface area contributed by atoms with Gasteiger partial charge in [-0.05, 0) is 67.5 Å². The van der Waals surface area contributed by atoms with Gasteiger partial charge in [-0.3, -0.25) is 0 Å². The maximum absolute atomic E-state index is 5.47. The Morgan fingerprint density at radius 3 is 2.89 bits per heavy atom. The Kier molecular flexibility index (Phi) is 3.74. The van der Waals surface area contributed by atoms with Crippen molar-refractivity contribution in [1.29, 1.82) is 0 Å². The fourth-order valence-corrected chi connectivity index (χ4v) is 3.64. The summed E-state index contributed by atoms with van der Waals surface area (Å²) in [5.41, 5.74) is 2.66. The first-order valence-corrected chi connectivity index (χ1v) is 7.80. The number of aryl methyl sites for hydroxylation is 1. The Hall–Kier alpha value is -1.48. The summed E-state index contributed by atoms with van der Waals surface area (Å²) in [6.45, 7) is 2.72. The summed E-state index contributed by atoms with van der Waals surface area (Å²) in [5.74, 6) is 0.938. The molecule has 0 spiro atoms. The summed E-state index contributed by atoms with van der Waals surface area (Å²) in [6.07, 6.45) is 3.74. The molecule has 1 atom stereocenters. The number of rotatable bonds is 4. The first-order chi connectivity index (χ1) is 9.36. The number of thiophene rings is 1. The van der Waals surface area contributed by atoms with Gasteiger partial charge in [-0.15, -0.1) is 11.3 Å². The Balaban J connectivity index is 1.72. The topological polar surface area (TPSA) is 21.3 Å². The fourth-order valence-electron chi connectivity index (χ4n) is 2.65. The lowest BCUT2D eigenvalue weighted by molar-refractivity contribution is 0.340. The van der Waals surface area contributed by atoms with Gasteiger partial charge in [0.25, 0.3) is 0 Å². The van der Waals surface area contributed by atoms with Crippen LogP contribution < -0.4 is 10.1 Å². The second-order valence-corrected chi connectivity index (χ2v) is 5.85. The third kappa shape index (κ3) is 2.76. The number of hydrogen-bond acceptors (Lipinski definition) is 3. The highest BCUT2D eigenvalue weighted by Gasteiger charge is 2.20. The molecule has 0 saturated carbocycles. The van der Waals surface area contributed by atoms with Gasteiger partial charge in [0.15, 0.2) is 0 Å². The van der Waals surface area contributed by atoms with Crippen molar-refractivity contribution in [3.8, 4) is 5.75 Å². The quantitative estimate of drug-likeness (QED) is 0.876. The van der Waals surface area contributed by atoms with E-state index in [9.17, 15) is 0 Å². The van der Waals surface area contributed by atoms with E-state index in [-0.39, 0.29) is 0 Å². The largest absolute Gasteiger partial charge is 0.494 e. The molecule has 1 unspecified atom stereocenters. The van der Waals surface area contributed by atoms with Gasteiger partial charge in [0, 0.05) is 10.6 Å². The molecular formula is C16H19NOS. The van der Waals surface area contributed by atoms with Crippen molar-refractivity contribution < 1.29 is 4.74 Å². The molecule has 1 aromatic heterocycles. The van der Waals surface area contributed by atoms with E-state index in [1.807, 2.05) is 30.4 Å². The van der Waals surface area contributed by atoms with Crippen molar-refractivity contribution in [3.05, 3.63) is 46.2 Å². The molecule has 3 heteroatoms. The van der Waals surface area contributed by atoms with Gasteiger partial charge in [0.2, 0.25) is 0 Å². The standard InChI is InChI=1S/C16H19NOS/c1-2-18-13-8-6-12(7-9-13)17-15-4-3-5-16-14(15)10-11-19-16/h6-11,15,17H,2-5H2,1H3. The van der Waals surface area contributed by atoms with Gasteiger partial charge in [-0.1, -0.05) is 0 Å². The Morgan fingerprint density at radius 2 is 2.11 bits per heavy atom. The zero-order valence-electron chi connectivity index (χ0n) is 11.2. The van der Waals surface area contributed by atoms with Crippen molar-refractivity contribution in [1.82, 2.24) is 0 Å². The van der Waals surface area contributed by atoms with Crippen LogP contribution in [0, 0.1) is 0 Å². The highest BCUT2D eigenvalue weighted by Crippen LogP contribution is 2.35. The van der Waals surface area contributed by atoms with E-state index in [2.05, 4.69) is 28.9 Å². The molecule has 100 valence electrons. The molecule has 3 rings (SSSR count). The van der Waals surface area contributed by atoms with Crippen molar-refractivity contribution in [2.75, 3.05) is 11.9 Å². The van der Waals surface area contributed by atoms with E-state index in [4.69, 9.17) is 4.74 Å². The smallest absolute Gasteiger partial charge is 0.119 e. The Labute approximate surface area is 118 Å². The maximum atomic E-state index is 5.47. The second-order valence-electron chi connectivity index (χ2n) is 4.85. The fraction of sp³-hybridized carbons (Fsp3) is 0.375. The molecule has 1 aliphatic carbocycles. The lowest BCUT2D eigenvalue weighted by atomic mass is 9.94. The van der Waals surface area contributed by atoms with Crippen LogP contribution in [0.1, 0.15) is 36.2 Å². The summed E-state index contributed by atoms with van der Waals surface area (Å²) >= 11 is 1.89. The third-order valence-corrected chi connectivity index (χ3v) is 4.55. The molecule has 2 nitrogen and oxygen atoms in total. The third-order valence-electron chi connectivity index (χ3n) is 3.56. The van der Waals surface area contributed by atoms with E-state index in [1.54, 1.807) is 4.88 Å². The van der Waals surface area contributed by atoms with Crippen LogP contribution in [0.2, 0.25) is 0 Å². The predicted octanol–water partition coefficient (Wildman–Crippen LogP) is 4.64. The number of benzene rings is 1. The molecule has 2 aromatic rings. The number of fused-ring (bicyclic) bond motifs is 1. The van der Waals surface area contributed by atoms with Gasteiger partial charge >= 0.3 is 0 Å². The van der Waals surface area contributed by atoms with Gasteiger partial charge in [0.05, 0.1) is 12.6 Å². The average molecular weight is 273 g/mol. The Bertz CT molecular complexity index is 532. The van der Waals surface area contributed by atoms with E-state index in [0.717, 1.165) is 5.75 Å². The van der Waals surface area contributed by atoms with E-state index in [1.165, 1.54) is 30.5 Å². The maximum Gasteiger partial charge on any atom is 0.119 e. The van der Waals surface area contributed by atoms with Gasteiger partial charge in [-0.25, -0.2) is 0 Å². The SMILES string of the molecule is CCOc1ccc(NC2CCCc3sccc32)cc1. The highest BCUT2D eigenvalue weighted by atomic mass is 32.1. The zero-order valence-corrected chi connectivity index (χ0v) is 12.0. The molecule has 0 amide bonds. The van der Waals surface area contributed by atoms with Crippen LogP contribution in [-0.2, 0) is 6.42 Å². The molecule has 1 aliphatic rings. The van der Waals surface area contributed by atoms with Crippen molar-refractivity contribution in [2.45, 2.75) is 32.2 Å². The van der Waals surface area contributed by atoms with Gasteiger partial charge in [-0.2, -0.15) is 0 Å². The lowest BCUT2D eigenvalue weighted by Gasteiger charge is -2.24. The number of anilines is 1. The first kappa shape index (κ1) is 12.5. The molecule has 1 aromatic carbocycles. The average Bonchev–Trinajstić information content (AvgIpc) is 2.91. The van der Waals surface area contributed by atoms with Crippen LogP contribution in [0.3, 0.4) is 0 Å². The minimum absolute atomic E-state index is 0.466. The summed E-state index contributed by atoms with van der Waals surface area (Å²) < 4.78 is 5.47. The van der Waals surface area contributed by atoms with Crippen LogP contribution in [0.15, 0.2) is 35.7 Å². The van der Waals surface area contributed by atoms with Crippen LogP contribution >= 0.6 is 11.3 Å². The number of ether oxygens (including phenoxy) is 1. The molecule has 1 N–H and O–H groups in total. The molecule has 19 heavy (non-hydrogen) atoms. The summed E-state index contributed by atoms with van der Waals surface area (Å²) in [5, 5.41) is 5.85. The van der Waals surface area contributed by atoms with Crippen LogP contribution in [0.25, 0.3) is 0 Å². The second kappa shape index (κ2) is 5.66. The van der Waals surface area contributed by atoms with Gasteiger partial charge < -0.3 is 10.1 Å². The molecule has 0 aliphatic heterocycles. The van der Waals surface area contributed by atoms with Crippen molar-refractivity contribution in [2.24, 2.45) is 0 Å². The lowest BCUT2D eigenvalue weighted by Crippen LogP contribution is -2.15. The highest BCUT2D eigenvalue weighted by molar-refractivity contribution is 7.10. The summed E-state index contributed by atoms with van der Waals surface area (Å²) in [6, 6.07) is 11.0. The van der Waals surface area contributed by atoms with Crippen molar-refractivity contribution >= 4 is 17.0 Å². The predicted molar refractivity (Wildman–Crippen MR) is 81.2 cm³/mol. The van der Waals surface area contributed by atoms with Crippen molar-refractivity contribution in [3.63, 3.8) is 0 Å². The van der Waals surface area contributed by atoms with Crippen LogP contribution in [-0.4, -0.2) is 6.61 Å². The van der Waals surface area contributed by atoms with Crippen LogP contribution in [0.5, 0.6) is 5.75 Å². The Morgan fingerprint density at radius 1 is 1.26 bits per heavy atom. The molecule has 1 heterocycles. The van der Waals surface area contributed by atoms with E-state index < -0.39 is 0 Å². The minimum Gasteiger partial charge on any atom is -0.494 e. The first-order valence-electron chi connectivity index (χ1n) is 6.92. The monoisotopic (exact) mass is 273 g/mol. The normalized spacial score (nSPS) is 17.8. The number of hydrogen-bond donors (Lipinski definition) is 1. The van der Waals surface area contributed by atoms with E-state index in [0.29, 0.717) is 12.6 Å². The molecule has 0 bridgehead atoms. The van der Waals surface area contributed by atoms with Crippen LogP contribution in [0.4, 0.5) is 5.69 Å². The molecule has 0 fully saturated rings. The number of nitrogens with one attached hydrogen (secondary N) is 1. The zero-order chi connectivity index (χ0) is 13.1. The molecular weight excluding hydrogens is 254 g/mol. The molecule has 0 saturated heterocycles. The summed E-state index contributed by atoms with van der Waals surface area (Å²) in [7, 11) is 0. The summed E-state index contributed by atoms with van der Waals surface area (Å²) in [4.78, 5) is 1.55. The van der Waals surface area contributed by atoms with Gasteiger partial charge in [0.1, 0.15) is 5.75 Å².